The van der Waals surface area contributed by atoms with Crippen LogP contribution >= 0.6 is 35.7 Å². The van der Waals surface area contributed by atoms with Crippen molar-refractivity contribution in [2.75, 3.05) is 19.8 Å². The van der Waals surface area contributed by atoms with Gasteiger partial charge in [0.1, 0.15) is 5.76 Å². The summed E-state index contributed by atoms with van der Waals surface area (Å²) in [6.45, 7) is 7.70. The lowest BCUT2D eigenvalue weighted by Crippen LogP contribution is -2.37. The van der Waals surface area contributed by atoms with Gasteiger partial charge in [0.15, 0.2) is 5.96 Å². The Morgan fingerprint density at radius 1 is 1.23 bits per heavy atom. The summed E-state index contributed by atoms with van der Waals surface area (Å²) in [5.41, 5.74) is 4.78. The van der Waals surface area contributed by atoms with Crippen LogP contribution in [-0.4, -0.2) is 31.0 Å². The van der Waals surface area contributed by atoms with E-state index in [1.807, 2.05) is 13.8 Å². The Morgan fingerprint density at radius 3 is 2.62 bits per heavy atom. The molecule has 1 aromatic heterocycles. The van der Waals surface area contributed by atoms with Gasteiger partial charge in [0.25, 0.3) is 0 Å². The number of aryl methyl sites for hydroxylation is 3. The second-order valence-corrected chi connectivity index (χ2v) is 6.92. The fraction of sp³-hybridized carbons (Fsp3) is 0.474. The number of aliphatic imine (C=N–C) groups is 1. The van der Waals surface area contributed by atoms with Crippen molar-refractivity contribution in [3.63, 3.8) is 0 Å². The molecule has 0 saturated carbocycles. The zero-order valence-electron chi connectivity index (χ0n) is 16.2. The zero-order chi connectivity index (χ0) is 18.2. The Morgan fingerprint density at radius 2 is 2.00 bits per heavy atom. The Bertz CT molecular complexity index is 711. The highest BCUT2D eigenvalue weighted by molar-refractivity contribution is 14.0. The summed E-state index contributed by atoms with van der Waals surface area (Å²) >= 11 is 1.78. The van der Waals surface area contributed by atoms with Gasteiger partial charge < -0.3 is 15.2 Å². The summed E-state index contributed by atoms with van der Waals surface area (Å²) in [7, 11) is 1.80. The van der Waals surface area contributed by atoms with Crippen LogP contribution in [0.15, 0.2) is 32.6 Å². The van der Waals surface area contributed by atoms with Crippen molar-refractivity contribution in [1.29, 1.82) is 0 Å². The van der Waals surface area contributed by atoms with E-state index in [0.717, 1.165) is 43.3 Å². The maximum absolute atomic E-state index is 5.20. The van der Waals surface area contributed by atoms with E-state index < -0.39 is 0 Å². The van der Waals surface area contributed by atoms with Crippen molar-refractivity contribution in [2.45, 2.75) is 45.1 Å². The number of hydrogen-bond acceptors (Lipinski definition) is 4. The second kappa shape index (κ2) is 11.5. The van der Waals surface area contributed by atoms with Gasteiger partial charge in [0.2, 0.25) is 0 Å². The monoisotopic (exact) mass is 488 g/mol. The van der Waals surface area contributed by atoms with Crippen LogP contribution in [0.3, 0.4) is 0 Å². The van der Waals surface area contributed by atoms with E-state index in [4.69, 9.17) is 4.52 Å². The van der Waals surface area contributed by atoms with E-state index in [-0.39, 0.29) is 24.0 Å². The average Bonchev–Trinajstić information content (AvgIpc) is 2.93. The minimum Gasteiger partial charge on any atom is -0.361 e. The molecule has 0 amide bonds. The predicted molar refractivity (Wildman–Crippen MR) is 121 cm³/mol. The van der Waals surface area contributed by atoms with Crippen LogP contribution in [0.1, 0.15) is 34.6 Å². The molecule has 7 heteroatoms. The Hall–Kier alpha value is -1.22. The number of guanidine groups is 1. The third-order valence-electron chi connectivity index (χ3n) is 4.19. The molecule has 1 heterocycles. The molecule has 0 bridgehead atoms. The fourth-order valence-electron chi connectivity index (χ4n) is 2.73. The summed E-state index contributed by atoms with van der Waals surface area (Å²) in [5.74, 6) is 1.75. The smallest absolute Gasteiger partial charge is 0.191 e. The van der Waals surface area contributed by atoms with E-state index in [9.17, 15) is 0 Å². The lowest BCUT2D eigenvalue weighted by atomic mass is 10.1. The third-order valence-corrected chi connectivity index (χ3v) is 5.01. The molecule has 2 aromatic rings. The summed E-state index contributed by atoms with van der Waals surface area (Å²) < 4.78 is 5.20. The van der Waals surface area contributed by atoms with Crippen molar-refractivity contribution in [1.82, 2.24) is 15.8 Å². The Labute approximate surface area is 177 Å². The quantitative estimate of drug-likeness (QED) is 0.201. The zero-order valence-corrected chi connectivity index (χ0v) is 19.3. The van der Waals surface area contributed by atoms with Gasteiger partial charge in [0.05, 0.1) is 5.69 Å². The molecule has 2 N–H and O–H groups in total. The number of hydrogen-bond donors (Lipinski definition) is 2. The summed E-state index contributed by atoms with van der Waals surface area (Å²) in [6.07, 6.45) is 4.07. The molecule has 0 radical (unpaired) electrons. The van der Waals surface area contributed by atoms with Gasteiger partial charge in [-0.25, -0.2) is 0 Å². The van der Waals surface area contributed by atoms with Crippen molar-refractivity contribution >= 4 is 41.7 Å². The summed E-state index contributed by atoms with van der Waals surface area (Å²) in [6, 6.07) is 6.55. The SMILES string of the molecule is CN=C(NCCCc1c(C)noc1C)NCc1ccc(C)cc1SC.I. The van der Waals surface area contributed by atoms with Crippen molar-refractivity contribution in [3.05, 3.63) is 46.3 Å². The number of nitrogens with zero attached hydrogens (tertiary/aromatic N) is 2. The Kier molecular flexibility index (Phi) is 10.1. The predicted octanol–water partition coefficient (Wildman–Crippen LogP) is 4.24. The number of rotatable bonds is 7. The first kappa shape index (κ1) is 22.8. The maximum Gasteiger partial charge on any atom is 0.191 e. The second-order valence-electron chi connectivity index (χ2n) is 6.07. The van der Waals surface area contributed by atoms with E-state index >= 15 is 0 Å². The lowest BCUT2D eigenvalue weighted by Gasteiger charge is -2.14. The Balaban J connectivity index is 0.00000338. The molecule has 1 aromatic carbocycles. The van der Waals surface area contributed by atoms with Crippen LogP contribution in [0.2, 0.25) is 0 Å². The van der Waals surface area contributed by atoms with E-state index in [0.29, 0.717) is 0 Å². The molecule has 0 aliphatic heterocycles. The molecule has 144 valence electrons. The van der Waals surface area contributed by atoms with Gasteiger partial charge in [0, 0.05) is 30.6 Å². The molecular weight excluding hydrogens is 459 g/mol. The maximum atomic E-state index is 5.20. The van der Waals surface area contributed by atoms with Gasteiger partial charge in [-0.1, -0.05) is 17.3 Å². The van der Waals surface area contributed by atoms with Gasteiger partial charge in [-0.2, -0.15) is 0 Å². The number of thioether (sulfide) groups is 1. The van der Waals surface area contributed by atoms with E-state index in [1.54, 1.807) is 18.8 Å². The summed E-state index contributed by atoms with van der Waals surface area (Å²) in [4.78, 5) is 5.61. The minimum absolute atomic E-state index is 0. The van der Waals surface area contributed by atoms with Crippen LogP contribution in [0, 0.1) is 20.8 Å². The number of benzene rings is 1. The molecular formula is C19H29IN4OS. The molecule has 0 spiro atoms. The first-order chi connectivity index (χ1) is 12.0. The normalized spacial score (nSPS) is 11.2. The molecule has 0 atom stereocenters. The molecule has 0 fully saturated rings. The lowest BCUT2D eigenvalue weighted by molar-refractivity contribution is 0.392. The van der Waals surface area contributed by atoms with Crippen LogP contribution < -0.4 is 10.6 Å². The topological polar surface area (TPSA) is 62.5 Å². The van der Waals surface area contributed by atoms with Crippen molar-refractivity contribution in [3.8, 4) is 0 Å². The first-order valence-electron chi connectivity index (χ1n) is 8.55. The van der Waals surface area contributed by atoms with Crippen molar-refractivity contribution < 1.29 is 4.52 Å². The average molecular weight is 488 g/mol. The molecule has 0 aliphatic carbocycles. The fourth-order valence-corrected chi connectivity index (χ4v) is 3.43. The number of aromatic nitrogens is 1. The summed E-state index contributed by atoms with van der Waals surface area (Å²) in [5, 5.41) is 10.8. The third kappa shape index (κ3) is 6.50. The molecule has 0 saturated heterocycles. The largest absolute Gasteiger partial charge is 0.361 e. The van der Waals surface area contributed by atoms with Crippen LogP contribution in [0.25, 0.3) is 0 Å². The number of nitrogens with one attached hydrogen (secondary N) is 2. The standard InChI is InChI=1S/C19H28N4OS.HI/c1-13-8-9-16(18(11-13)25-5)12-22-19(20-4)21-10-6-7-17-14(2)23-24-15(17)3;/h8-9,11H,6-7,10,12H2,1-5H3,(H2,20,21,22);1H. The van der Waals surface area contributed by atoms with E-state index in [2.05, 4.69) is 52.2 Å². The first-order valence-corrected chi connectivity index (χ1v) is 9.77. The highest BCUT2D eigenvalue weighted by Gasteiger charge is 2.08. The van der Waals surface area contributed by atoms with Gasteiger partial charge in [-0.05, 0) is 57.1 Å². The molecule has 26 heavy (non-hydrogen) atoms. The van der Waals surface area contributed by atoms with Crippen LogP contribution in [-0.2, 0) is 13.0 Å². The van der Waals surface area contributed by atoms with Gasteiger partial charge in [-0.15, -0.1) is 35.7 Å². The molecule has 2 rings (SSSR count). The molecule has 0 unspecified atom stereocenters. The van der Waals surface area contributed by atoms with Crippen LogP contribution in [0.4, 0.5) is 0 Å². The highest BCUT2D eigenvalue weighted by Crippen LogP contribution is 2.21. The van der Waals surface area contributed by atoms with E-state index in [1.165, 1.54) is 21.6 Å². The molecule has 0 aliphatic rings. The van der Waals surface area contributed by atoms with Crippen molar-refractivity contribution in [2.24, 2.45) is 4.99 Å². The van der Waals surface area contributed by atoms with Gasteiger partial charge in [-0.3, -0.25) is 4.99 Å². The molecule has 5 nitrogen and oxygen atoms in total. The highest BCUT2D eigenvalue weighted by atomic mass is 127. The minimum atomic E-state index is 0. The number of halogens is 1. The van der Waals surface area contributed by atoms with Gasteiger partial charge >= 0.3 is 0 Å². The van der Waals surface area contributed by atoms with Crippen LogP contribution in [0.5, 0.6) is 0 Å².